The molecule has 0 aliphatic rings. The Bertz CT molecular complexity index is 1120. The van der Waals surface area contributed by atoms with Crippen LogP contribution in [0.3, 0.4) is 0 Å². The molecular weight excluding hydrogens is 356 g/mol. The second kappa shape index (κ2) is 7.21. The fourth-order valence-electron chi connectivity index (χ4n) is 2.93. The van der Waals surface area contributed by atoms with E-state index in [9.17, 15) is 4.79 Å². The Morgan fingerprint density at radius 1 is 1.04 bits per heavy atom. The Morgan fingerprint density at radius 3 is 2.52 bits per heavy atom. The Labute approximate surface area is 161 Å². The second-order valence-corrected chi connectivity index (χ2v) is 7.45. The van der Waals surface area contributed by atoms with Crippen LogP contribution in [0.5, 0.6) is 5.75 Å². The number of nitrogens with one attached hydrogen (secondary N) is 1. The van der Waals surface area contributed by atoms with Gasteiger partial charge in [-0.3, -0.25) is 4.79 Å². The quantitative estimate of drug-likeness (QED) is 0.511. The molecule has 1 amide bonds. The summed E-state index contributed by atoms with van der Waals surface area (Å²) in [5, 5.41) is 3.80. The molecule has 0 spiro atoms. The molecule has 0 unspecified atom stereocenters. The molecule has 0 fully saturated rings. The monoisotopic (exact) mass is 374 g/mol. The summed E-state index contributed by atoms with van der Waals surface area (Å²) in [5.74, 6) is 0.589. The number of carbonyl (C=O) groups is 1. The van der Waals surface area contributed by atoms with Gasteiger partial charge in [0.25, 0.3) is 5.91 Å². The van der Waals surface area contributed by atoms with Crippen LogP contribution in [-0.4, -0.2) is 18.0 Å². The Morgan fingerprint density at radius 2 is 1.81 bits per heavy atom. The Kier molecular flexibility index (Phi) is 4.60. The first-order valence-corrected chi connectivity index (χ1v) is 9.38. The second-order valence-electron chi connectivity index (χ2n) is 6.17. The molecule has 2 heterocycles. The number of hydrogen-bond acceptors (Lipinski definition) is 4. The molecular formula is C22H18N2O2S. The van der Waals surface area contributed by atoms with Gasteiger partial charge in [-0.05, 0) is 55.5 Å². The number of amides is 1. The number of carbonyl (C=O) groups excluding carboxylic acids is 1. The van der Waals surface area contributed by atoms with E-state index in [1.54, 1.807) is 18.4 Å². The molecule has 4 nitrogen and oxygen atoms in total. The highest BCUT2D eigenvalue weighted by atomic mass is 32.1. The zero-order valence-corrected chi connectivity index (χ0v) is 15.8. The van der Waals surface area contributed by atoms with Gasteiger partial charge in [-0.25, -0.2) is 4.98 Å². The number of fused-ring (bicyclic) bond motifs is 1. The lowest BCUT2D eigenvalue weighted by Crippen LogP contribution is -2.13. The Balaban J connectivity index is 1.75. The minimum atomic E-state index is -0.159. The number of aromatic nitrogens is 1. The fraction of sp³-hybridized carbons (Fsp3) is 0.0909. The molecule has 4 aromatic rings. The molecule has 0 aliphatic heterocycles. The maximum Gasteiger partial charge on any atom is 0.256 e. The van der Waals surface area contributed by atoms with Gasteiger partial charge < -0.3 is 10.1 Å². The number of para-hydroxylation sites is 1. The Hall–Kier alpha value is -3.18. The molecule has 134 valence electrons. The predicted molar refractivity (Wildman–Crippen MR) is 111 cm³/mol. The van der Waals surface area contributed by atoms with E-state index < -0.39 is 0 Å². The molecule has 0 bridgehead atoms. The van der Waals surface area contributed by atoms with Crippen molar-refractivity contribution in [2.75, 3.05) is 12.4 Å². The predicted octanol–water partition coefficient (Wildman–Crippen LogP) is 5.53. The van der Waals surface area contributed by atoms with Crippen LogP contribution in [-0.2, 0) is 0 Å². The van der Waals surface area contributed by atoms with Crippen molar-refractivity contribution in [3.63, 3.8) is 0 Å². The lowest BCUT2D eigenvalue weighted by Gasteiger charge is -2.10. The maximum absolute atomic E-state index is 13.0. The van der Waals surface area contributed by atoms with Crippen LogP contribution in [0.1, 0.15) is 15.2 Å². The number of pyridine rings is 1. The maximum atomic E-state index is 13.0. The zero-order chi connectivity index (χ0) is 18.8. The number of thiophene rings is 1. The first kappa shape index (κ1) is 17.2. The number of methoxy groups -OCH3 is 1. The van der Waals surface area contributed by atoms with Crippen molar-refractivity contribution in [2.24, 2.45) is 0 Å². The summed E-state index contributed by atoms with van der Waals surface area (Å²) in [6, 6.07) is 21.0. The highest BCUT2D eigenvalue weighted by Crippen LogP contribution is 2.30. The summed E-state index contributed by atoms with van der Waals surface area (Å²) in [6.07, 6.45) is 0. The molecule has 2 aromatic heterocycles. The van der Waals surface area contributed by atoms with Crippen LogP contribution >= 0.6 is 11.3 Å². The van der Waals surface area contributed by atoms with Crippen molar-refractivity contribution in [1.82, 2.24) is 4.98 Å². The van der Waals surface area contributed by atoms with Crippen molar-refractivity contribution in [3.05, 3.63) is 77.2 Å². The van der Waals surface area contributed by atoms with Crippen molar-refractivity contribution >= 4 is 33.8 Å². The molecule has 0 saturated carbocycles. The average molecular weight is 374 g/mol. The highest BCUT2D eigenvalue weighted by Gasteiger charge is 2.15. The van der Waals surface area contributed by atoms with Gasteiger partial charge in [0.05, 0.1) is 28.8 Å². The van der Waals surface area contributed by atoms with E-state index in [1.165, 1.54) is 4.88 Å². The van der Waals surface area contributed by atoms with Crippen LogP contribution in [0.25, 0.3) is 21.5 Å². The van der Waals surface area contributed by atoms with E-state index in [1.807, 2.05) is 60.7 Å². The number of ether oxygens (including phenoxy) is 1. The summed E-state index contributed by atoms with van der Waals surface area (Å²) in [5.41, 5.74) is 2.94. The van der Waals surface area contributed by atoms with Gasteiger partial charge in [0, 0.05) is 16.0 Å². The van der Waals surface area contributed by atoms with Gasteiger partial charge in [0.1, 0.15) is 5.75 Å². The number of nitrogens with zero attached hydrogens (tertiary/aromatic N) is 1. The van der Waals surface area contributed by atoms with Crippen molar-refractivity contribution in [3.8, 4) is 16.3 Å². The van der Waals surface area contributed by atoms with E-state index in [4.69, 9.17) is 9.72 Å². The summed E-state index contributed by atoms with van der Waals surface area (Å²) in [4.78, 5) is 20.0. The van der Waals surface area contributed by atoms with Gasteiger partial charge in [-0.15, -0.1) is 11.3 Å². The smallest absolute Gasteiger partial charge is 0.256 e. The minimum absolute atomic E-state index is 0.159. The number of hydrogen-bond donors (Lipinski definition) is 1. The molecule has 27 heavy (non-hydrogen) atoms. The van der Waals surface area contributed by atoms with Gasteiger partial charge in [-0.1, -0.05) is 18.2 Å². The third kappa shape index (κ3) is 3.55. The van der Waals surface area contributed by atoms with E-state index in [-0.39, 0.29) is 5.91 Å². The van der Waals surface area contributed by atoms with E-state index in [0.29, 0.717) is 5.56 Å². The van der Waals surface area contributed by atoms with Crippen LogP contribution < -0.4 is 10.1 Å². The molecule has 0 aliphatic carbocycles. The summed E-state index contributed by atoms with van der Waals surface area (Å²) < 4.78 is 5.16. The van der Waals surface area contributed by atoms with E-state index in [0.717, 1.165) is 32.9 Å². The topological polar surface area (TPSA) is 51.2 Å². The van der Waals surface area contributed by atoms with E-state index >= 15 is 0 Å². The number of rotatable bonds is 4. The third-order valence-corrected chi connectivity index (χ3v) is 5.32. The van der Waals surface area contributed by atoms with Crippen LogP contribution in [0.15, 0.2) is 66.7 Å². The first-order valence-electron chi connectivity index (χ1n) is 8.56. The van der Waals surface area contributed by atoms with Gasteiger partial charge in [0.15, 0.2) is 0 Å². The normalized spacial score (nSPS) is 10.7. The summed E-state index contributed by atoms with van der Waals surface area (Å²) >= 11 is 1.67. The summed E-state index contributed by atoms with van der Waals surface area (Å²) in [6.45, 7) is 2.06. The molecule has 0 atom stereocenters. The van der Waals surface area contributed by atoms with Crippen molar-refractivity contribution < 1.29 is 9.53 Å². The molecule has 2 aromatic carbocycles. The average Bonchev–Trinajstić information content (AvgIpc) is 3.14. The third-order valence-electron chi connectivity index (χ3n) is 4.30. The van der Waals surface area contributed by atoms with Crippen LogP contribution in [0, 0.1) is 6.92 Å². The SMILES string of the molecule is COc1ccc(NC(=O)c2cc(-c3ccc(C)s3)nc3ccccc23)cc1. The minimum Gasteiger partial charge on any atom is -0.497 e. The van der Waals surface area contributed by atoms with Crippen molar-refractivity contribution in [1.29, 1.82) is 0 Å². The molecule has 0 saturated heterocycles. The lowest BCUT2D eigenvalue weighted by molar-refractivity contribution is 0.102. The van der Waals surface area contributed by atoms with Crippen LogP contribution in [0.2, 0.25) is 0 Å². The summed E-state index contributed by atoms with van der Waals surface area (Å²) in [7, 11) is 1.62. The van der Waals surface area contributed by atoms with Crippen LogP contribution in [0.4, 0.5) is 5.69 Å². The number of aryl methyl sites for hydroxylation is 1. The van der Waals surface area contributed by atoms with Gasteiger partial charge in [-0.2, -0.15) is 0 Å². The highest BCUT2D eigenvalue weighted by molar-refractivity contribution is 7.15. The largest absolute Gasteiger partial charge is 0.497 e. The van der Waals surface area contributed by atoms with Gasteiger partial charge >= 0.3 is 0 Å². The first-order chi connectivity index (χ1) is 13.1. The standard InChI is InChI=1S/C22H18N2O2S/c1-14-7-12-21(27-14)20-13-18(17-5-3-4-6-19(17)24-20)22(25)23-15-8-10-16(26-2)11-9-15/h3-13H,1-2H3,(H,23,25). The zero-order valence-electron chi connectivity index (χ0n) is 15.0. The molecule has 5 heteroatoms. The lowest BCUT2D eigenvalue weighted by atomic mass is 10.1. The molecule has 1 N–H and O–H groups in total. The molecule has 0 radical (unpaired) electrons. The fourth-order valence-corrected chi connectivity index (χ4v) is 3.76. The molecule has 4 rings (SSSR count). The number of anilines is 1. The number of benzene rings is 2. The van der Waals surface area contributed by atoms with Gasteiger partial charge in [0.2, 0.25) is 0 Å². The van der Waals surface area contributed by atoms with Crippen molar-refractivity contribution in [2.45, 2.75) is 6.92 Å². The van der Waals surface area contributed by atoms with E-state index in [2.05, 4.69) is 18.3 Å².